The van der Waals surface area contributed by atoms with E-state index in [9.17, 15) is 14.0 Å². The summed E-state index contributed by atoms with van der Waals surface area (Å²) in [4.78, 5) is 33.0. The summed E-state index contributed by atoms with van der Waals surface area (Å²) in [5, 5.41) is 0. The number of amides is 2. The van der Waals surface area contributed by atoms with Gasteiger partial charge in [-0.15, -0.1) is 0 Å². The van der Waals surface area contributed by atoms with Gasteiger partial charge in [-0.25, -0.2) is 15.2 Å². The summed E-state index contributed by atoms with van der Waals surface area (Å²) in [6.07, 6.45) is 4.36. The van der Waals surface area contributed by atoms with Crippen LogP contribution in [0.5, 0.6) is 0 Å². The predicted molar refractivity (Wildman–Crippen MR) is 105 cm³/mol. The first-order valence-corrected chi connectivity index (χ1v) is 9.82. The molecule has 152 valence electrons. The molecular formula is C21H24FN5O2. The third-order valence-corrected chi connectivity index (χ3v) is 5.48. The van der Waals surface area contributed by atoms with Crippen LogP contribution in [0.4, 0.5) is 4.39 Å². The van der Waals surface area contributed by atoms with Crippen LogP contribution < -0.4 is 10.9 Å². The molecule has 2 aromatic rings. The molecule has 2 N–H and O–H groups in total. The first-order chi connectivity index (χ1) is 14.1. The van der Waals surface area contributed by atoms with Crippen LogP contribution in [-0.2, 0) is 16.0 Å². The van der Waals surface area contributed by atoms with Crippen molar-refractivity contribution in [3.05, 3.63) is 65.7 Å². The highest BCUT2D eigenvalue weighted by atomic mass is 19.1. The van der Waals surface area contributed by atoms with Gasteiger partial charge in [-0.3, -0.25) is 14.6 Å². The Labute approximate surface area is 168 Å². The van der Waals surface area contributed by atoms with E-state index in [-0.39, 0.29) is 36.1 Å². The lowest BCUT2D eigenvalue weighted by Crippen LogP contribution is -2.54. The van der Waals surface area contributed by atoms with Crippen LogP contribution >= 0.6 is 0 Å². The minimum absolute atomic E-state index is 0.0417. The molecule has 7 nitrogen and oxygen atoms in total. The van der Waals surface area contributed by atoms with E-state index in [1.165, 1.54) is 12.1 Å². The molecular weight excluding hydrogens is 373 g/mol. The Kier molecular flexibility index (Phi) is 5.82. The maximum atomic E-state index is 13.3. The van der Waals surface area contributed by atoms with Crippen LogP contribution in [0.3, 0.4) is 0 Å². The third-order valence-electron chi connectivity index (χ3n) is 5.48. The fraction of sp³-hybridized carbons (Fsp3) is 0.381. The maximum Gasteiger partial charge on any atom is 0.241 e. The van der Waals surface area contributed by atoms with Gasteiger partial charge >= 0.3 is 0 Å². The first-order valence-electron chi connectivity index (χ1n) is 9.82. The SMILES string of the molecule is O=C(Cc1cccc(F)c1)N1CCN(C(=O)C2CC(c3cccnc3)NN2)CC1. The second-order valence-electron chi connectivity index (χ2n) is 7.43. The number of hydrogen-bond acceptors (Lipinski definition) is 5. The average Bonchev–Trinajstić information content (AvgIpc) is 3.24. The highest BCUT2D eigenvalue weighted by Gasteiger charge is 2.34. The Balaban J connectivity index is 1.27. The number of aromatic nitrogens is 1. The van der Waals surface area contributed by atoms with E-state index in [2.05, 4.69) is 15.8 Å². The van der Waals surface area contributed by atoms with E-state index in [0.717, 1.165) is 5.56 Å². The van der Waals surface area contributed by atoms with Crippen molar-refractivity contribution in [1.82, 2.24) is 25.6 Å². The minimum Gasteiger partial charge on any atom is -0.339 e. The average molecular weight is 397 g/mol. The molecule has 2 saturated heterocycles. The Hall–Kier alpha value is -2.84. The van der Waals surface area contributed by atoms with E-state index in [0.29, 0.717) is 38.2 Å². The molecule has 3 heterocycles. The van der Waals surface area contributed by atoms with E-state index in [4.69, 9.17) is 0 Å². The van der Waals surface area contributed by atoms with Crippen molar-refractivity contribution in [3.63, 3.8) is 0 Å². The molecule has 4 rings (SSSR count). The highest BCUT2D eigenvalue weighted by molar-refractivity contribution is 5.83. The predicted octanol–water partition coefficient (Wildman–Crippen LogP) is 1.04. The Morgan fingerprint density at radius 1 is 1.07 bits per heavy atom. The van der Waals surface area contributed by atoms with Crippen molar-refractivity contribution in [2.75, 3.05) is 26.2 Å². The molecule has 2 amide bonds. The molecule has 1 aromatic carbocycles. The number of pyridine rings is 1. The molecule has 1 aromatic heterocycles. The number of hydrazine groups is 1. The summed E-state index contributed by atoms with van der Waals surface area (Å²) in [6, 6.07) is 9.72. The zero-order valence-corrected chi connectivity index (χ0v) is 16.1. The van der Waals surface area contributed by atoms with Gasteiger partial charge in [0.25, 0.3) is 0 Å². The number of piperazine rings is 1. The van der Waals surface area contributed by atoms with Gasteiger partial charge in [0, 0.05) is 44.6 Å². The van der Waals surface area contributed by atoms with Crippen molar-refractivity contribution >= 4 is 11.8 Å². The zero-order valence-electron chi connectivity index (χ0n) is 16.1. The number of carbonyl (C=O) groups excluding carboxylic acids is 2. The zero-order chi connectivity index (χ0) is 20.2. The third kappa shape index (κ3) is 4.60. The van der Waals surface area contributed by atoms with Crippen molar-refractivity contribution in [3.8, 4) is 0 Å². The van der Waals surface area contributed by atoms with Crippen molar-refractivity contribution < 1.29 is 14.0 Å². The summed E-state index contributed by atoms with van der Waals surface area (Å²) < 4.78 is 13.3. The summed E-state index contributed by atoms with van der Waals surface area (Å²) in [7, 11) is 0. The van der Waals surface area contributed by atoms with Gasteiger partial charge in [0.1, 0.15) is 11.9 Å². The number of benzene rings is 1. The van der Waals surface area contributed by atoms with Gasteiger partial charge in [-0.1, -0.05) is 18.2 Å². The largest absolute Gasteiger partial charge is 0.339 e. The van der Waals surface area contributed by atoms with E-state index in [1.54, 1.807) is 34.3 Å². The van der Waals surface area contributed by atoms with Crippen LogP contribution in [0.2, 0.25) is 0 Å². The quantitative estimate of drug-likeness (QED) is 0.806. The molecule has 0 saturated carbocycles. The van der Waals surface area contributed by atoms with Crippen molar-refractivity contribution in [2.24, 2.45) is 0 Å². The van der Waals surface area contributed by atoms with Gasteiger partial charge in [-0.2, -0.15) is 0 Å². The second-order valence-corrected chi connectivity index (χ2v) is 7.43. The Morgan fingerprint density at radius 3 is 2.59 bits per heavy atom. The lowest BCUT2D eigenvalue weighted by atomic mass is 10.0. The molecule has 2 unspecified atom stereocenters. The van der Waals surface area contributed by atoms with Crippen molar-refractivity contribution in [2.45, 2.75) is 24.9 Å². The standard InChI is InChI=1S/C21H24FN5O2/c22-17-5-1-3-15(11-17)12-20(28)26-7-9-27(10-8-26)21(29)19-13-18(24-25-19)16-4-2-6-23-14-16/h1-6,11,14,18-19,24-25H,7-10,12-13H2. The molecule has 0 spiro atoms. The van der Waals surface area contributed by atoms with Gasteiger partial charge in [0.15, 0.2) is 0 Å². The maximum absolute atomic E-state index is 13.3. The molecule has 0 bridgehead atoms. The lowest BCUT2D eigenvalue weighted by Gasteiger charge is -2.36. The van der Waals surface area contributed by atoms with Gasteiger partial charge in [0.2, 0.25) is 11.8 Å². The molecule has 2 aliphatic heterocycles. The number of rotatable bonds is 4. The van der Waals surface area contributed by atoms with Crippen LogP contribution in [0.15, 0.2) is 48.8 Å². The molecule has 0 radical (unpaired) electrons. The van der Waals surface area contributed by atoms with E-state index in [1.807, 2.05) is 12.1 Å². The molecule has 29 heavy (non-hydrogen) atoms. The summed E-state index contributed by atoms with van der Waals surface area (Å²) in [6.45, 7) is 1.99. The summed E-state index contributed by atoms with van der Waals surface area (Å²) in [5.74, 6) is -0.339. The van der Waals surface area contributed by atoms with E-state index >= 15 is 0 Å². The topological polar surface area (TPSA) is 77.6 Å². The molecule has 2 atom stereocenters. The lowest BCUT2D eigenvalue weighted by molar-refractivity contribution is -0.140. The monoisotopic (exact) mass is 397 g/mol. The van der Waals surface area contributed by atoms with Gasteiger partial charge in [-0.05, 0) is 35.7 Å². The normalized spacial score (nSPS) is 22.0. The molecule has 2 aliphatic rings. The Bertz CT molecular complexity index is 870. The van der Waals surface area contributed by atoms with Crippen LogP contribution in [0.1, 0.15) is 23.6 Å². The fourth-order valence-electron chi connectivity index (χ4n) is 3.85. The van der Waals surface area contributed by atoms with Crippen LogP contribution in [-0.4, -0.2) is 58.8 Å². The smallest absolute Gasteiger partial charge is 0.241 e. The fourth-order valence-corrected chi connectivity index (χ4v) is 3.85. The number of halogens is 1. The number of nitrogens with zero attached hydrogens (tertiary/aromatic N) is 3. The number of nitrogens with one attached hydrogen (secondary N) is 2. The first kappa shape index (κ1) is 19.5. The Morgan fingerprint density at radius 2 is 1.86 bits per heavy atom. The van der Waals surface area contributed by atoms with E-state index < -0.39 is 0 Å². The molecule has 8 heteroatoms. The van der Waals surface area contributed by atoms with Gasteiger partial charge < -0.3 is 9.80 Å². The van der Waals surface area contributed by atoms with Crippen molar-refractivity contribution in [1.29, 1.82) is 0 Å². The van der Waals surface area contributed by atoms with Gasteiger partial charge in [0.05, 0.1) is 6.42 Å². The summed E-state index contributed by atoms with van der Waals surface area (Å²) in [5.41, 5.74) is 7.97. The highest BCUT2D eigenvalue weighted by Crippen LogP contribution is 2.22. The molecule has 0 aliphatic carbocycles. The van der Waals surface area contributed by atoms with Crippen LogP contribution in [0.25, 0.3) is 0 Å². The summed E-state index contributed by atoms with van der Waals surface area (Å²) >= 11 is 0. The minimum atomic E-state index is -0.340. The van der Waals surface area contributed by atoms with Crippen LogP contribution in [0, 0.1) is 5.82 Å². The number of hydrogen-bond donors (Lipinski definition) is 2. The second kappa shape index (κ2) is 8.67. The number of carbonyl (C=O) groups is 2. The molecule has 2 fully saturated rings.